The Hall–Kier alpha value is -4.57. The van der Waals surface area contributed by atoms with Crippen LogP contribution in [0.25, 0.3) is 6.08 Å². The molecule has 0 saturated carbocycles. The van der Waals surface area contributed by atoms with Crippen LogP contribution in [-0.4, -0.2) is 54.7 Å². The molecular weight excluding hydrogens is 542 g/mol. The van der Waals surface area contributed by atoms with Gasteiger partial charge in [0.25, 0.3) is 11.8 Å². The van der Waals surface area contributed by atoms with Crippen molar-refractivity contribution in [2.24, 2.45) is 4.99 Å². The van der Waals surface area contributed by atoms with E-state index in [1.165, 1.54) is 18.9 Å². The van der Waals surface area contributed by atoms with Crippen LogP contribution in [0.2, 0.25) is 0 Å². The quantitative estimate of drug-likeness (QED) is 0.241. The molecule has 212 valence electrons. The number of carbonyl (C=O) groups excluding carboxylic acids is 3. The van der Waals surface area contributed by atoms with Crippen LogP contribution in [0.1, 0.15) is 35.3 Å². The normalized spacial score (nSPS) is 14.8. The summed E-state index contributed by atoms with van der Waals surface area (Å²) < 4.78 is 16.3. The number of amidine groups is 1. The number of likely N-dealkylation sites (N-methyl/N-ethyl adjacent to an activating group) is 1. The van der Waals surface area contributed by atoms with Crippen molar-refractivity contribution in [3.8, 4) is 11.5 Å². The van der Waals surface area contributed by atoms with Crippen molar-refractivity contribution >= 4 is 52.2 Å². The Labute approximate surface area is 243 Å². The summed E-state index contributed by atoms with van der Waals surface area (Å²) in [7, 11) is 1.51. The molecule has 1 saturated heterocycles. The highest BCUT2D eigenvalue weighted by Gasteiger charge is 2.32. The van der Waals surface area contributed by atoms with Crippen molar-refractivity contribution in [2.75, 3.05) is 32.2 Å². The van der Waals surface area contributed by atoms with E-state index in [-0.39, 0.29) is 25.0 Å². The van der Waals surface area contributed by atoms with Crippen LogP contribution in [0.4, 0.5) is 11.4 Å². The Morgan fingerprint density at radius 2 is 1.80 bits per heavy atom. The van der Waals surface area contributed by atoms with E-state index in [1.54, 1.807) is 60.4 Å². The molecule has 1 N–H and O–H groups in total. The molecule has 3 aromatic carbocycles. The summed E-state index contributed by atoms with van der Waals surface area (Å²) in [6.45, 7) is 6.11. The summed E-state index contributed by atoms with van der Waals surface area (Å²) in [5.41, 5.74) is 3.44. The van der Waals surface area contributed by atoms with Gasteiger partial charge in [-0.25, -0.2) is 9.79 Å². The van der Waals surface area contributed by atoms with Gasteiger partial charge in [0.05, 0.1) is 29.9 Å². The van der Waals surface area contributed by atoms with Crippen LogP contribution in [0.15, 0.2) is 76.6 Å². The van der Waals surface area contributed by atoms with E-state index in [0.29, 0.717) is 45.1 Å². The van der Waals surface area contributed by atoms with Gasteiger partial charge in [-0.3, -0.25) is 14.5 Å². The smallest absolute Gasteiger partial charge is 0.338 e. The molecule has 1 heterocycles. The van der Waals surface area contributed by atoms with Gasteiger partial charge in [-0.05, 0) is 86.6 Å². The van der Waals surface area contributed by atoms with Gasteiger partial charge in [0, 0.05) is 12.2 Å². The molecule has 10 heteroatoms. The van der Waals surface area contributed by atoms with Gasteiger partial charge in [-0.15, -0.1) is 0 Å². The Bertz CT molecular complexity index is 1500. The van der Waals surface area contributed by atoms with Gasteiger partial charge < -0.3 is 19.5 Å². The molecule has 0 bridgehead atoms. The first kappa shape index (κ1) is 29.4. The number of rotatable bonds is 10. The number of nitrogens with one attached hydrogen (secondary N) is 1. The van der Waals surface area contributed by atoms with Gasteiger partial charge in [-0.1, -0.05) is 29.8 Å². The average Bonchev–Trinajstić information content (AvgIpc) is 3.26. The third-order valence-corrected chi connectivity index (χ3v) is 6.97. The van der Waals surface area contributed by atoms with E-state index in [0.717, 1.165) is 11.1 Å². The molecule has 4 rings (SSSR count). The van der Waals surface area contributed by atoms with E-state index >= 15 is 0 Å². The van der Waals surface area contributed by atoms with Gasteiger partial charge in [0.15, 0.2) is 23.3 Å². The number of aryl methyl sites for hydroxylation is 1. The third kappa shape index (κ3) is 7.55. The first-order chi connectivity index (χ1) is 19.8. The van der Waals surface area contributed by atoms with Crippen LogP contribution < -0.4 is 14.8 Å². The zero-order chi connectivity index (χ0) is 29.4. The number of carbonyl (C=O) groups is 3. The first-order valence-electron chi connectivity index (χ1n) is 13.1. The fraction of sp³-hybridized carbons (Fsp3) is 0.226. The van der Waals surface area contributed by atoms with Crippen LogP contribution in [0.3, 0.4) is 0 Å². The Morgan fingerprint density at radius 1 is 1.02 bits per heavy atom. The maximum atomic E-state index is 13.2. The first-order valence-corrected chi connectivity index (χ1v) is 13.9. The van der Waals surface area contributed by atoms with Crippen molar-refractivity contribution < 1.29 is 28.6 Å². The van der Waals surface area contributed by atoms with E-state index in [9.17, 15) is 14.4 Å². The highest BCUT2D eigenvalue weighted by Crippen LogP contribution is 2.36. The molecule has 1 aliphatic rings. The maximum Gasteiger partial charge on any atom is 0.338 e. The SMILES string of the molecule is CCOC(=O)c1cccc(N=C2SC(=Cc3ccc(OCC(=O)Nc4ccc(C)cc4)c(OC)c3)C(=O)N2CC)c1. The van der Waals surface area contributed by atoms with E-state index < -0.39 is 5.97 Å². The van der Waals surface area contributed by atoms with E-state index in [4.69, 9.17) is 14.2 Å². The summed E-state index contributed by atoms with van der Waals surface area (Å²) in [6.07, 6.45) is 1.75. The number of anilines is 1. The zero-order valence-corrected chi connectivity index (χ0v) is 24.1. The van der Waals surface area contributed by atoms with Crippen molar-refractivity contribution in [1.29, 1.82) is 0 Å². The molecular formula is C31H31N3O6S. The second-order valence-electron chi connectivity index (χ2n) is 8.94. The highest BCUT2D eigenvalue weighted by atomic mass is 32.2. The van der Waals surface area contributed by atoms with Crippen LogP contribution >= 0.6 is 11.8 Å². The van der Waals surface area contributed by atoms with E-state index in [2.05, 4.69) is 10.3 Å². The topological polar surface area (TPSA) is 107 Å². The molecule has 0 unspecified atom stereocenters. The summed E-state index contributed by atoms with van der Waals surface area (Å²) in [4.78, 5) is 44.3. The van der Waals surface area contributed by atoms with Crippen molar-refractivity contribution in [2.45, 2.75) is 20.8 Å². The lowest BCUT2D eigenvalue weighted by Gasteiger charge is -2.12. The van der Waals surface area contributed by atoms with Gasteiger partial charge in [-0.2, -0.15) is 0 Å². The molecule has 0 aliphatic carbocycles. The number of benzene rings is 3. The number of hydrogen-bond donors (Lipinski definition) is 1. The molecule has 2 amide bonds. The number of hydrogen-bond acceptors (Lipinski definition) is 8. The largest absolute Gasteiger partial charge is 0.493 e. The van der Waals surface area contributed by atoms with E-state index in [1.807, 2.05) is 38.1 Å². The monoisotopic (exact) mass is 573 g/mol. The lowest BCUT2D eigenvalue weighted by molar-refractivity contribution is -0.122. The molecule has 3 aromatic rings. The third-order valence-electron chi connectivity index (χ3n) is 5.97. The summed E-state index contributed by atoms with van der Waals surface area (Å²) in [6, 6.07) is 19.5. The van der Waals surface area contributed by atoms with Gasteiger partial charge in [0.1, 0.15) is 0 Å². The summed E-state index contributed by atoms with van der Waals surface area (Å²) >= 11 is 1.25. The number of amides is 2. The van der Waals surface area contributed by atoms with Crippen LogP contribution in [-0.2, 0) is 14.3 Å². The molecule has 0 atom stereocenters. The predicted octanol–water partition coefficient (Wildman–Crippen LogP) is 5.82. The fourth-order valence-corrected chi connectivity index (χ4v) is 4.98. The fourth-order valence-electron chi connectivity index (χ4n) is 3.92. The van der Waals surface area contributed by atoms with Gasteiger partial charge >= 0.3 is 5.97 Å². The molecule has 0 radical (unpaired) electrons. The van der Waals surface area contributed by atoms with Crippen molar-refractivity contribution in [3.63, 3.8) is 0 Å². The minimum atomic E-state index is -0.425. The minimum absolute atomic E-state index is 0.176. The Balaban J connectivity index is 1.47. The van der Waals surface area contributed by atoms with Crippen LogP contribution in [0, 0.1) is 6.92 Å². The molecule has 0 aromatic heterocycles. The number of nitrogens with zero attached hydrogens (tertiary/aromatic N) is 2. The second kappa shape index (κ2) is 13.7. The van der Waals surface area contributed by atoms with Crippen LogP contribution in [0.5, 0.6) is 11.5 Å². The number of methoxy groups -OCH3 is 1. The zero-order valence-electron chi connectivity index (χ0n) is 23.3. The second-order valence-corrected chi connectivity index (χ2v) is 9.95. The maximum absolute atomic E-state index is 13.2. The number of thioether (sulfide) groups is 1. The number of aliphatic imine (C=N–C) groups is 1. The Kier molecular flexibility index (Phi) is 9.81. The standard InChI is InChI=1S/C31H31N3O6S/c1-5-34-29(36)27(41-31(34)33-24-9-7-8-22(18-24)30(37)39-6-2)17-21-12-15-25(26(16-21)38-4)40-19-28(35)32-23-13-10-20(3)11-14-23/h7-18H,5-6,19H2,1-4H3,(H,32,35). The lowest BCUT2D eigenvalue weighted by Crippen LogP contribution is -2.28. The average molecular weight is 574 g/mol. The molecule has 1 fully saturated rings. The van der Waals surface area contributed by atoms with Crippen molar-refractivity contribution in [3.05, 3.63) is 88.3 Å². The summed E-state index contributed by atoms with van der Waals surface area (Å²) in [5, 5.41) is 3.30. The lowest BCUT2D eigenvalue weighted by atomic mass is 10.2. The molecule has 1 aliphatic heterocycles. The Morgan fingerprint density at radius 3 is 2.51 bits per heavy atom. The molecule has 41 heavy (non-hydrogen) atoms. The van der Waals surface area contributed by atoms with Crippen molar-refractivity contribution in [1.82, 2.24) is 4.90 Å². The molecule has 0 spiro atoms. The number of esters is 1. The minimum Gasteiger partial charge on any atom is -0.493 e. The molecule has 9 nitrogen and oxygen atoms in total. The summed E-state index contributed by atoms with van der Waals surface area (Å²) in [5.74, 6) is -0.0712. The highest BCUT2D eigenvalue weighted by molar-refractivity contribution is 8.18. The number of ether oxygens (including phenoxy) is 3. The van der Waals surface area contributed by atoms with Gasteiger partial charge in [0.2, 0.25) is 0 Å². The predicted molar refractivity (Wildman–Crippen MR) is 161 cm³/mol.